The van der Waals surface area contributed by atoms with Gasteiger partial charge in [0.25, 0.3) is 0 Å². The van der Waals surface area contributed by atoms with Gasteiger partial charge in [-0.3, -0.25) is 9.59 Å². The van der Waals surface area contributed by atoms with E-state index in [9.17, 15) is 19.8 Å². The lowest BCUT2D eigenvalue weighted by molar-refractivity contribution is -0.130. The lowest BCUT2D eigenvalue weighted by atomic mass is 10.0. The van der Waals surface area contributed by atoms with Crippen molar-refractivity contribution in [2.45, 2.75) is 31.3 Å². The van der Waals surface area contributed by atoms with Gasteiger partial charge >= 0.3 is 0 Å². The predicted octanol–water partition coefficient (Wildman–Crippen LogP) is -0.638. The van der Waals surface area contributed by atoms with Gasteiger partial charge in [0.15, 0.2) is 11.5 Å². The Bertz CT molecular complexity index is 547. The van der Waals surface area contributed by atoms with Crippen LogP contribution in [-0.4, -0.2) is 40.7 Å². The summed E-state index contributed by atoms with van der Waals surface area (Å²) in [5, 5.41) is 23.9. The number of aromatic hydroxyl groups is 2. The first kappa shape index (κ1) is 15.1. The minimum Gasteiger partial charge on any atom is -0.504 e. The third kappa shape index (κ3) is 3.85. The number of nitrogens with two attached hydrogens (primary N) is 1. The van der Waals surface area contributed by atoms with Gasteiger partial charge in [-0.05, 0) is 37.0 Å². The highest BCUT2D eigenvalue weighted by Gasteiger charge is 2.25. The maximum atomic E-state index is 12.0. The van der Waals surface area contributed by atoms with E-state index in [2.05, 4.69) is 10.6 Å². The van der Waals surface area contributed by atoms with Crippen molar-refractivity contribution in [3.05, 3.63) is 23.8 Å². The van der Waals surface area contributed by atoms with Crippen LogP contribution in [0.1, 0.15) is 18.4 Å². The summed E-state index contributed by atoms with van der Waals surface area (Å²) in [6.45, 7) is 0.629. The molecule has 7 nitrogen and oxygen atoms in total. The molecule has 0 bridgehead atoms. The molecule has 7 heteroatoms. The van der Waals surface area contributed by atoms with Gasteiger partial charge in [-0.25, -0.2) is 0 Å². The summed E-state index contributed by atoms with van der Waals surface area (Å²) in [7, 11) is 0. The largest absolute Gasteiger partial charge is 0.504 e. The maximum Gasteiger partial charge on any atom is 0.242 e. The minimum atomic E-state index is -0.830. The van der Waals surface area contributed by atoms with Crippen molar-refractivity contribution >= 4 is 11.8 Å². The minimum absolute atomic E-state index is 0.191. The Morgan fingerprint density at radius 2 is 2.19 bits per heavy atom. The van der Waals surface area contributed by atoms with Crippen molar-refractivity contribution in [1.82, 2.24) is 10.6 Å². The third-order valence-corrected chi connectivity index (χ3v) is 3.43. The van der Waals surface area contributed by atoms with Gasteiger partial charge in [-0.1, -0.05) is 6.07 Å². The zero-order valence-corrected chi connectivity index (χ0v) is 11.5. The molecule has 6 N–H and O–H groups in total. The standard InChI is InChI=1S/C14H19N3O4/c15-9(6-8-3-4-11(18)12(19)7-8)13(20)17-10-2-1-5-16-14(10)21/h3-4,7,9-10,18-19H,1-2,5-6,15H2,(H,16,21)(H,17,20)/t9-,10?/m0/s1. The molecule has 1 aromatic rings. The number of nitrogens with one attached hydrogen (secondary N) is 2. The molecular formula is C14H19N3O4. The summed E-state index contributed by atoms with van der Waals surface area (Å²) in [5.74, 6) is -1.09. The van der Waals surface area contributed by atoms with Crippen LogP contribution >= 0.6 is 0 Å². The van der Waals surface area contributed by atoms with Crippen LogP contribution in [0.4, 0.5) is 0 Å². The molecule has 2 rings (SSSR count). The highest BCUT2D eigenvalue weighted by atomic mass is 16.3. The average molecular weight is 293 g/mol. The van der Waals surface area contributed by atoms with Gasteiger partial charge in [0.2, 0.25) is 11.8 Å². The molecule has 0 saturated carbocycles. The highest BCUT2D eigenvalue weighted by Crippen LogP contribution is 2.25. The topological polar surface area (TPSA) is 125 Å². The van der Waals surface area contributed by atoms with Crippen LogP contribution in [0.5, 0.6) is 11.5 Å². The van der Waals surface area contributed by atoms with Crippen LogP contribution in [0.25, 0.3) is 0 Å². The number of hydrogen-bond acceptors (Lipinski definition) is 5. The summed E-state index contributed by atoms with van der Waals surface area (Å²) >= 11 is 0. The van der Waals surface area contributed by atoms with Crippen LogP contribution in [0.3, 0.4) is 0 Å². The van der Waals surface area contributed by atoms with E-state index >= 15 is 0 Å². The van der Waals surface area contributed by atoms with E-state index in [1.165, 1.54) is 12.1 Å². The predicted molar refractivity (Wildman–Crippen MR) is 75.6 cm³/mol. The fraction of sp³-hybridized carbons (Fsp3) is 0.429. The Kier molecular flexibility index (Phi) is 4.64. The SMILES string of the molecule is N[C@@H](Cc1ccc(O)c(O)c1)C(=O)NC1CCCNC1=O. The van der Waals surface area contributed by atoms with Crippen molar-refractivity contribution < 1.29 is 19.8 Å². The molecule has 0 radical (unpaired) electrons. The number of amides is 2. The van der Waals surface area contributed by atoms with E-state index < -0.39 is 18.0 Å². The first-order valence-electron chi connectivity index (χ1n) is 6.82. The second kappa shape index (κ2) is 6.45. The van der Waals surface area contributed by atoms with Crippen molar-refractivity contribution in [2.75, 3.05) is 6.54 Å². The van der Waals surface area contributed by atoms with Crippen LogP contribution in [0.15, 0.2) is 18.2 Å². The molecule has 1 aliphatic heterocycles. The molecule has 1 aromatic carbocycles. The monoisotopic (exact) mass is 293 g/mol. The molecule has 2 atom stereocenters. The first-order chi connectivity index (χ1) is 9.97. The van der Waals surface area contributed by atoms with Gasteiger partial charge < -0.3 is 26.6 Å². The lowest BCUT2D eigenvalue weighted by Crippen LogP contribution is -2.54. The number of hydrogen-bond donors (Lipinski definition) is 5. The zero-order valence-electron chi connectivity index (χ0n) is 11.5. The smallest absolute Gasteiger partial charge is 0.242 e. The fourth-order valence-electron chi connectivity index (χ4n) is 2.23. The summed E-state index contributed by atoms with van der Waals surface area (Å²) < 4.78 is 0. The molecular weight excluding hydrogens is 274 g/mol. The van der Waals surface area contributed by atoms with Crippen LogP contribution < -0.4 is 16.4 Å². The van der Waals surface area contributed by atoms with Crippen molar-refractivity contribution in [3.63, 3.8) is 0 Å². The van der Waals surface area contributed by atoms with E-state index in [-0.39, 0.29) is 23.8 Å². The number of phenolic OH excluding ortho intramolecular Hbond substituents is 2. The number of piperidine rings is 1. The van der Waals surface area contributed by atoms with E-state index in [1.54, 1.807) is 6.07 Å². The van der Waals surface area contributed by atoms with E-state index in [0.717, 1.165) is 6.42 Å². The molecule has 2 amide bonds. The number of rotatable bonds is 4. The van der Waals surface area contributed by atoms with Gasteiger partial charge in [0.05, 0.1) is 6.04 Å². The number of carbonyl (C=O) groups is 2. The summed E-state index contributed by atoms with van der Waals surface area (Å²) in [5.41, 5.74) is 6.44. The van der Waals surface area contributed by atoms with E-state index in [4.69, 9.17) is 5.73 Å². The molecule has 114 valence electrons. The second-order valence-corrected chi connectivity index (χ2v) is 5.13. The van der Waals surface area contributed by atoms with Crippen molar-refractivity contribution in [3.8, 4) is 11.5 Å². The third-order valence-electron chi connectivity index (χ3n) is 3.43. The van der Waals surface area contributed by atoms with Gasteiger partial charge in [0, 0.05) is 6.54 Å². The quantitative estimate of drug-likeness (QED) is 0.472. The number of benzene rings is 1. The lowest BCUT2D eigenvalue weighted by Gasteiger charge is -2.24. The van der Waals surface area contributed by atoms with E-state index in [1.807, 2.05) is 0 Å². The van der Waals surface area contributed by atoms with Crippen LogP contribution in [0.2, 0.25) is 0 Å². The molecule has 1 heterocycles. The second-order valence-electron chi connectivity index (χ2n) is 5.13. The Hall–Kier alpha value is -2.28. The van der Waals surface area contributed by atoms with Crippen LogP contribution in [0, 0.1) is 0 Å². The molecule has 21 heavy (non-hydrogen) atoms. The number of carbonyl (C=O) groups excluding carboxylic acids is 2. The van der Waals surface area contributed by atoms with E-state index in [0.29, 0.717) is 18.5 Å². The Labute approximate surface area is 122 Å². The molecule has 0 aliphatic carbocycles. The van der Waals surface area contributed by atoms with Gasteiger partial charge in [-0.2, -0.15) is 0 Å². The molecule has 1 unspecified atom stereocenters. The molecule has 0 spiro atoms. The number of phenols is 2. The molecule has 1 aliphatic rings. The Morgan fingerprint density at radius 1 is 1.43 bits per heavy atom. The van der Waals surface area contributed by atoms with Crippen molar-refractivity contribution in [2.24, 2.45) is 5.73 Å². The molecule has 0 aromatic heterocycles. The zero-order chi connectivity index (χ0) is 15.4. The summed E-state index contributed by atoms with van der Waals surface area (Å²) in [6.07, 6.45) is 1.62. The Morgan fingerprint density at radius 3 is 2.86 bits per heavy atom. The van der Waals surface area contributed by atoms with Gasteiger partial charge in [-0.15, -0.1) is 0 Å². The first-order valence-corrected chi connectivity index (χ1v) is 6.82. The Balaban J connectivity index is 1.92. The maximum absolute atomic E-state index is 12.0. The summed E-state index contributed by atoms with van der Waals surface area (Å²) in [6, 6.07) is 2.91. The van der Waals surface area contributed by atoms with Gasteiger partial charge in [0.1, 0.15) is 6.04 Å². The van der Waals surface area contributed by atoms with Crippen molar-refractivity contribution in [1.29, 1.82) is 0 Å². The normalized spacial score (nSPS) is 19.7. The summed E-state index contributed by atoms with van der Waals surface area (Å²) in [4.78, 5) is 23.6. The highest BCUT2D eigenvalue weighted by molar-refractivity contribution is 5.90. The molecule has 1 saturated heterocycles. The fourth-order valence-corrected chi connectivity index (χ4v) is 2.23. The average Bonchev–Trinajstić information content (AvgIpc) is 2.45. The van der Waals surface area contributed by atoms with Crippen LogP contribution in [-0.2, 0) is 16.0 Å². The molecule has 1 fully saturated rings.